The van der Waals surface area contributed by atoms with Crippen LogP contribution in [0.2, 0.25) is 0 Å². The van der Waals surface area contributed by atoms with E-state index in [-0.39, 0.29) is 24.2 Å². The second-order valence-electron chi connectivity index (χ2n) is 14.8. The topological polar surface area (TPSA) is 157 Å². The van der Waals surface area contributed by atoms with Crippen molar-refractivity contribution in [1.29, 1.82) is 0 Å². The maximum atomic E-state index is 12.8. The Labute approximate surface area is 328 Å². The number of hydrogen-bond donors (Lipinski definition) is 4. The van der Waals surface area contributed by atoms with Crippen molar-refractivity contribution in [3.63, 3.8) is 0 Å². The van der Waals surface area contributed by atoms with Gasteiger partial charge >= 0.3 is 11.9 Å². The molecule has 0 fully saturated rings. The monoisotopic (exact) mass is 772 g/mol. The summed E-state index contributed by atoms with van der Waals surface area (Å²) in [6.45, 7) is 3.96. The first-order valence-electron chi connectivity index (χ1n) is 21.6. The number of rotatable bonds is 39. The molecule has 0 aliphatic carbocycles. The Balaban J connectivity index is 4.49. The highest BCUT2D eigenvalue weighted by Gasteiger charge is 2.24. The van der Waals surface area contributed by atoms with Crippen LogP contribution >= 0.6 is 11.8 Å². The van der Waals surface area contributed by atoms with Crippen LogP contribution in [0.4, 0.5) is 0 Å². The summed E-state index contributed by atoms with van der Waals surface area (Å²) < 4.78 is 10.2. The molecule has 2 amide bonds. The lowest BCUT2D eigenvalue weighted by Crippen LogP contribution is -2.51. The van der Waals surface area contributed by atoms with Gasteiger partial charge in [0.1, 0.15) is 6.61 Å². The predicted molar refractivity (Wildman–Crippen MR) is 220 cm³/mol. The van der Waals surface area contributed by atoms with Gasteiger partial charge in [0, 0.05) is 24.3 Å². The van der Waals surface area contributed by atoms with E-state index >= 15 is 0 Å². The Morgan fingerprint density at radius 1 is 0.604 bits per heavy atom. The van der Waals surface area contributed by atoms with E-state index in [9.17, 15) is 24.3 Å². The number of aliphatic hydroxyl groups excluding tert-OH is 1. The van der Waals surface area contributed by atoms with E-state index in [1.165, 1.54) is 147 Å². The molecule has 0 saturated carbocycles. The first-order valence-corrected chi connectivity index (χ1v) is 22.7. The predicted octanol–water partition coefficient (Wildman–Crippen LogP) is 8.69. The van der Waals surface area contributed by atoms with Gasteiger partial charge in [0.2, 0.25) is 11.8 Å². The Morgan fingerprint density at radius 2 is 1.02 bits per heavy atom. The SMILES string of the molecule is CCCCCCCCCCCCCCCC(=O)N[C@H](COC(=O)CCCCCCCCCCCCCCC)CSC[C@H](N)C(=O)N[C@@H](CO)C(=O)OC. The number of nitrogens with two attached hydrogens (primary N) is 1. The van der Waals surface area contributed by atoms with E-state index in [1.807, 2.05) is 0 Å². The number of aliphatic hydroxyl groups is 1. The van der Waals surface area contributed by atoms with Gasteiger partial charge in [-0.25, -0.2) is 4.79 Å². The average Bonchev–Trinajstić information content (AvgIpc) is 3.15. The van der Waals surface area contributed by atoms with Crippen LogP contribution in [-0.4, -0.2) is 78.8 Å². The normalized spacial score (nSPS) is 12.9. The van der Waals surface area contributed by atoms with Gasteiger partial charge in [-0.15, -0.1) is 0 Å². The smallest absolute Gasteiger partial charge is 0.330 e. The summed E-state index contributed by atoms with van der Waals surface area (Å²) in [5.74, 6) is -1.07. The first kappa shape index (κ1) is 51.1. The highest BCUT2D eigenvalue weighted by Crippen LogP contribution is 2.15. The van der Waals surface area contributed by atoms with Crippen molar-refractivity contribution in [2.24, 2.45) is 5.73 Å². The quantitative estimate of drug-likeness (QED) is 0.0355. The molecule has 0 heterocycles. The molecule has 0 aromatic rings. The highest BCUT2D eigenvalue weighted by molar-refractivity contribution is 7.99. The molecule has 10 nitrogen and oxygen atoms in total. The van der Waals surface area contributed by atoms with Gasteiger partial charge < -0.3 is 30.9 Å². The zero-order valence-electron chi connectivity index (χ0n) is 34.2. The zero-order chi connectivity index (χ0) is 39.2. The van der Waals surface area contributed by atoms with Crippen molar-refractivity contribution in [3.8, 4) is 0 Å². The van der Waals surface area contributed by atoms with Gasteiger partial charge in [-0.1, -0.05) is 168 Å². The van der Waals surface area contributed by atoms with Crippen LogP contribution in [0.3, 0.4) is 0 Å². The molecule has 0 spiro atoms. The molecule has 0 aromatic carbocycles. The van der Waals surface area contributed by atoms with Crippen LogP contribution in [0.1, 0.15) is 194 Å². The average molecular weight is 772 g/mol. The number of hydrogen-bond acceptors (Lipinski definition) is 9. The molecule has 0 aliphatic rings. The van der Waals surface area contributed by atoms with E-state index in [4.69, 9.17) is 10.5 Å². The molecule has 0 aromatic heterocycles. The minimum absolute atomic E-state index is 0.0605. The molecule has 3 atom stereocenters. The molecular formula is C42H81N3O7S. The molecule has 11 heteroatoms. The van der Waals surface area contributed by atoms with Crippen LogP contribution in [0.5, 0.6) is 0 Å². The number of carbonyl (C=O) groups is 4. The number of unbranched alkanes of at least 4 members (excludes halogenated alkanes) is 24. The van der Waals surface area contributed by atoms with Gasteiger partial charge in [0.25, 0.3) is 0 Å². The number of carbonyl (C=O) groups excluding carboxylic acids is 4. The molecule has 5 N–H and O–H groups in total. The van der Waals surface area contributed by atoms with Crippen LogP contribution < -0.4 is 16.4 Å². The zero-order valence-corrected chi connectivity index (χ0v) is 35.1. The van der Waals surface area contributed by atoms with Crippen LogP contribution in [0.15, 0.2) is 0 Å². The Hall–Kier alpha value is -1.85. The second kappa shape index (κ2) is 38.4. The molecule has 0 rings (SSSR count). The van der Waals surface area contributed by atoms with Crippen molar-refractivity contribution in [1.82, 2.24) is 10.6 Å². The summed E-state index contributed by atoms with van der Waals surface area (Å²) in [6, 6.07) is -2.55. The standard InChI is InChI=1S/C42H81N3O7S/c1-4-6-8-10-12-14-16-18-20-22-24-26-28-30-39(47)44-36(34-53-35-37(43)41(49)45-38(32-46)42(50)51-3)33-52-40(48)31-29-27-25-23-21-19-17-15-13-11-9-7-5-2/h36-38,46H,4-35,43H2,1-3H3,(H,44,47)(H,45,49)/t36-,37+,38+/m1/s1. The number of ether oxygens (including phenoxy) is 2. The summed E-state index contributed by atoms with van der Waals surface area (Å²) in [4.78, 5) is 49.6. The number of methoxy groups -OCH3 is 1. The fraction of sp³-hybridized carbons (Fsp3) is 0.905. The van der Waals surface area contributed by atoms with E-state index in [0.717, 1.165) is 38.5 Å². The van der Waals surface area contributed by atoms with E-state index in [1.54, 1.807) is 0 Å². The Kier molecular flexibility index (Phi) is 37.1. The van der Waals surface area contributed by atoms with Crippen molar-refractivity contribution in [2.45, 2.75) is 212 Å². The summed E-state index contributed by atoms with van der Waals surface area (Å²) >= 11 is 1.36. The van der Waals surface area contributed by atoms with E-state index in [0.29, 0.717) is 18.6 Å². The number of nitrogens with one attached hydrogen (secondary N) is 2. The number of thioether (sulfide) groups is 1. The minimum atomic E-state index is -1.19. The van der Waals surface area contributed by atoms with Crippen molar-refractivity contribution in [2.75, 3.05) is 31.8 Å². The minimum Gasteiger partial charge on any atom is -0.467 e. The van der Waals surface area contributed by atoms with Crippen LogP contribution in [0.25, 0.3) is 0 Å². The highest BCUT2D eigenvalue weighted by atomic mass is 32.2. The third-order valence-corrected chi connectivity index (χ3v) is 11.0. The molecule has 0 unspecified atom stereocenters. The Bertz CT molecular complexity index is 895. The third kappa shape index (κ3) is 33.2. The summed E-state index contributed by atoms with van der Waals surface area (Å²) in [5.41, 5.74) is 6.03. The summed E-state index contributed by atoms with van der Waals surface area (Å²) in [5, 5.41) is 14.8. The van der Waals surface area contributed by atoms with Gasteiger partial charge in [-0.2, -0.15) is 11.8 Å². The molecule has 0 aliphatic heterocycles. The van der Waals surface area contributed by atoms with E-state index < -0.39 is 36.6 Å². The van der Waals surface area contributed by atoms with Crippen LogP contribution in [0, 0.1) is 0 Å². The molecular weight excluding hydrogens is 691 g/mol. The van der Waals surface area contributed by atoms with E-state index in [2.05, 4.69) is 29.2 Å². The maximum Gasteiger partial charge on any atom is 0.330 e. The lowest BCUT2D eigenvalue weighted by molar-refractivity contribution is -0.146. The summed E-state index contributed by atoms with van der Waals surface area (Å²) in [7, 11) is 1.17. The van der Waals surface area contributed by atoms with Gasteiger partial charge in [0.05, 0.1) is 25.8 Å². The molecule has 0 bridgehead atoms. The number of amides is 2. The Morgan fingerprint density at radius 3 is 1.43 bits per heavy atom. The first-order chi connectivity index (χ1) is 25.8. The fourth-order valence-corrected chi connectivity index (χ4v) is 7.31. The maximum absolute atomic E-state index is 12.8. The molecule has 53 heavy (non-hydrogen) atoms. The summed E-state index contributed by atoms with van der Waals surface area (Å²) in [6.07, 6.45) is 33.0. The van der Waals surface area contributed by atoms with Crippen molar-refractivity contribution >= 4 is 35.5 Å². The second-order valence-corrected chi connectivity index (χ2v) is 15.9. The molecule has 312 valence electrons. The van der Waals surface area contributed by atoms with Gasteiger partial charge in [0.15, 0.2) is 6.04 Å². The van der Waals surface area contributed by atoms with Crippen molar-refractivity contribution in [3.05, 3.63) is 0 Å². The third-order valence-electron chi connectivity index (χ3n) is 9.74. The van der Waals surface area contributed by atoms with Crippen molar-refractivity contribution < 1.29 is 33.8 Å². The van der Waals surface area contributed by atoms with Gasteiger partial charge in [-0.3, -0.25) is 14.4 Å². The molecule has 0 saturated heterocycles. The molecule has 0 radical (unpaired) electrons. The van der Waals surface area contributed by atoms with Crippen LogP contribution in [-0.2, 0) is 28.7 Å². The van der Waals surface area contributed by atoms with Gasteiger partial charge in [-0.05, 0) is 12.8 Å². The largest absolute Gasteiger partial charge is 0.467 e. The lowest BCUT2D eigenvalue weighted by Gasteiger charge is -2.20. The number of esters is 2. The fourth-order valence-electron chi connectivity index (χ4n) is 6.30. The lowest BCUT2D eigenvalue weighted by atomic mass is 10.0.